The molecule has 4 atom stereocenters. The minimum atomic E-state index is -1.49. The van der Waals surface area contributed by atoms with Gasteiger partial charge in [-0.25, -0.2) is 4.79 Å². The predicted octanol–water partition coefficient (Wildman–Crippen LogP) is -2.40. The van der Waals surface area contributed by atoms with Crippen LogP contribution in [0.2, 0.25) is 0 Å². The Bertz CT molecular complexity index is 958. The Morgan fingerprint density at radius 2 is 1.53 bits per heavy atom. The summed E-state index contributed by atoms with van der Waals surface area (Å²) in [6, 6.07) is 1.10. The lowest BCUT2D eigenvalue weighted by Gasteiger charge is -2.24. The third-order valence-electron chi connectivity index (χ3n) is 5.35. The highest BCUT2D eigenvalue weighted by molar-refractivity contribution is 7.98. The first-order valence-electron chi connectivity index (χ1n) is 11.8. The van der Waals surface area contributed by atoms with Gasteiger partial charge in [-0.1, -0.05) is 12.1 Å². The van der Waals surface area contributed by atoms with E-state index >= 15 is 0 Å². The molecule has 1 aromatic carbocycles. The molecule has 0 bridgehead atoms. The largest absolute Gasteiger partial charge is 0.508 e. The van der Waals surface area contributed by atoms with E-state index in [-0.39, 0.29) is 37.5 Å². The number of aromatic hydroxyl groups is 1. The number of aliphatic hydroxyl groups excluding tert-OH is 1. The summed E-state index contributed by atoms with van der Waals surface area (Å²) in [5, 5.41) is 35.9. The molecule has 1 rings (SSSR count). The Morgan fingerprint density at radius 3 is 2.08 bits per heavy atom. The molecule has 0 aromatic heterocycles. The number of phenols is 1. The second kappa shape index (κ2) is 17.0. The summed E-state index contributed by atoms with van der Waals surface area (Å²) in [5.74, 6) is -3.12. The molecule has 0 fully saturated rings. The Morgan fingerprint density at radius 1 is 0.947 bits per heavy atom. The first-order valence-corrected chi connectivity index (χ1v) is 13.2. The van der Waals surface area contributed by atoms with Crippen molar-refractivity contribution in [3.8, 4) is 5.75 Å². The number of rotatable bonds is 17. The van der Waals surface area contributed by atoms with Gasteiger partial charge in [-0.3, -0.25) is 19.4 Å². The van der Waals surface area contributed by atoms with Crippen molar-refractivity contribution in [3.05, 3.63) is 29.8 Å². The summed E-state index contributed by atoms with van der Waals surface area (Å²) in [5.41, 5.74) is 17.0. The molecule has 14 nitrogen and oxygen atoms in total. The standard InChI is InChI=1S/C23H37N7O7S/c1-38-10-8-15(24)19(33)29-17(11-13-4-6-14(32)7-5-13)20(34)30-18(12-31)21(35)28-16(22(36)37)3-2-9-27-23(25)26/h4-7,15-18,31-32H,2-3,8-12,24H2,1H3,(H,28,35)(H,29,33)(H,30,34)(H,36,37)(H4,25,26,27). The van der Waals surface area contributed by atoms with Crippen molar-refractivity contribution in [1.29, 1.82) is 0 Å². The highest BCUT2D eigenvalue weighted by atomic mass is 32.2. The molecule has 212 valence electrons. The monoisotopic (exact) mass is 555 g/mol. The van der Waals surface area contributed by atoms with Gasteiger partial charge in [-0.05, 0) is 49.0 Å². The fourth-order valence-corrected chi connectivity index (χ4v) is 3.72. The maximum Gasteiger partial charge on any atom is 0.326 e. The van der Waals surface area contributed by atoms with Gasteiger partial charge in [0.2, 0.25) is 17.7 Å². The van der Waals surface area contributed by atoms with Gasteiger partial charge >= 0.3 is 5.97 Å². The quantitative estimate of drug-likeness (QED) is 0.0556. The topological polar surface area (TPSA) is 255 Å². The number of aliphatic imine (C=N–C) groups is 1. The normalized spacial score (nSPS) is 13.9. The molecule has 0 aliphatic carbocycles. The number of nitrogens with one attached hydrogen (secondary N) is 3. The summed E-state index contributed by atoms with van der Waals surface area (Å²) >= 11 is 1.51. The van der Waals surface area contributed by atoms with E-state index in [1.807, 2.05) is 6.26 Å². The molecule has 15 heteroatoms. The van der Waals surface area contributed by atoms with Gasteiger partial charge in [-0.15, -0.1) is 0 Å². The number of amides is 3. The van der Waals surface area contributed by atoms with Crippen LogP contribution >= 0.6 is 11.8 Å². The molecule has 12 N–H and O–H groups in total. The van der Waals surface area contributed by atoms with E-state index in [4.69, 9.17) is 17.2 Å². The van der Waals surface area contributed by atoms with Crippen molar-refractivity contribution >= 4 is 41.4 Å². The zero-order chi connectivity index (χ0) is 28.7. The van der Waals surface area contributed by atoms with Crippen molar-refractivity contribution in [2.75, 3.05) is 25.2 Å². The third kappa shape index (κ3) is 12.1. The number of carboxylic acids is 1. The number of benzene rings is 1. The van der Waals surface area contributed by atoms with Crippen molar-refractivity contribution in [2.45, 2.75) is 49.9 Å². The van der Waals surface area contributed by atoms with E-state index in [9.17, 15) is 34.5 Å². The lowest BCUT2D eigenvalue weighted by Crippen LogP contribution is -2.58. The minimum Gasteiger partial charge on any atom is -0.508 e. The fraction of sp³-hybridized carbons (Fsp3) is 0.522. The number of aliphatic carboxylic acids is 1. The van der Waals surface area contributed by atoms with Gasteiger partial charge < -0.3 is 48.5 Å². The van der Waals surface area contributed by atoms with Crippen LogP contribution in [-0.2, 0) is 25.6 Å². The maximum atomic E-state index is 13.1. The number of carboxylic acid groups (broad SMARTS) is 1. The molecule has 0 aliphatic rings. The van der Waals surface area contributed by atoms with Crippen LogP contribution in [0.1, 0.15) is 24.8 Å². The summed E-state index contributed by atoms with van der Waals surface area (Å²) in [4.78, 5) is 53.7. The van der Waals surface area contributed by atoms with Crippen molar-refractivity contribution in [3.63, 3.8) is 0 Å². The van der Waals surface area contributed by atoms with E-state index < -0.39 is 54.5 Å². The van der Waals surface area contributed by atoms with Crippen LogP contribution in [0.3, 0.4) is 0 Å². The molecule has 0 heterocycles. The molecular formula is C23H37N7O7S. The Kier molecular flexibility index (Phi) is 14.6. The molecule has 4 unspecified atom stereocenters. The Labute approximate surface area is 224 Å². The first-order chi connectivity index (χ1) is 18.0. The van der Waals surface area contributed by atoms with Crippen molar-refractivity contribution in [2.24, 2.45) is 22.2 Å². The zero-order valence-corrected chi connectivity index (χ0v) is 21.9. The van der Waals surface area contributed by atoms with E-state index in [1.54, 1.807) is 12.1 Å². The summed E-state index contributed by atoms with van der Waals surface area (Å²) in [6.45, 7) is -0.676. The van der Waals surface area contributed by atoms with Gasteiger partial charge in [0.05, 0.1) is 12.6 Å². The Balaban J connectivity index is 2.95. The molecule has 0 saturated carbocycles. The number of carbonyl (C=O) groups is 4. The number of nitrogens with two attached hydrogens (primary N) is 3. The summed E-state index contributed by atoms with van der Waals surface area (Å²) < 4.78 is 0. The highest BCUT2D eigenvalue weighted by Crippen LogP contribution is 2.12. The average Bonchev–Trinajstić information content (AvgIpc) is 2.87. The number of nitrogens with zero attached hydrogens (tertiary/aromatic N) is 1. The van der Waals surface area contributed by atoms with E-state index in [1.165, 1.54) is 23.9 Å². The molecule has 0 aliphatic heterocycles. The van der Waals surface area contributed by atoms with Gasteiger partial charge in [0.1, 0.15) is 23.9 Å². The van der Waals surface area contributed by atoms with Crippen molar-refractivity contribution in [1.82, 2.24) is 16.0 Å². The summed E-state index contributed by atoms with van der Waals surface area (Å²) in [7, 11) is 0. The highest BCUT2D eigenvalue weighted by Gasteiger charge is 2.30. The number of hydrogen-bond acceptors (Lipinski definition) is 9. The summed E-state index contributed by atoms with van der Waals surface area (Å²) in [6.07, 6.45) is 2.49. The molecule has 38 heavy (non-hydrogen) atoms. The number of guanidine groups is 1. The fourth-order valence-electron chi connectivity index (χ4n) is 3.23. The average molecular weight is 556 g/mol. The van der Waals surface area contributed by atoms with Crippen LogP contribution < -0.4 is 33.2 Å². The van der Waals surface area contributed by atoms with E-state index in [0.29, 0.717) is 17.7 Å². The zero-order valence-electron chi connectivity index (χ0n) is 21.1. The second-order valence-corrected chi connectivity index (χ2v) is 9.40. The minimum absolute atomic E-state index is 0.00256. The first kappa shape index (κ1) is 32.5. The molecular weight excluding hydrogens is 518 g/mol. The van der Waals surface area contributed by atoms with Crippen LogP contribution in [0.25, 0.3) is 0 Å². The van der Waals surface area contributed by atoms with Crippen LogP contribution in [-0.4, -0.2) is 94.3 Å². The number of thioether (sulfide) groups is 1. The van der Waals surface area contributed by atoms with Crippen molar-refractivity contribution < 1.29 is 34.5 Å². The molecule has 3 amide bonds. The SMILES string of the molecule is CSCCC(N)C(=O)NC(Cc1ccc(O)cc1)C(=O)NC(CO)C(=O)NC(CCCN=C(N)N)C(=O)O. The van der Waals surface area contributed by atoms with Gasteiger partial charge in [0.15, 0.2) is 5.96 Å². The van der Waals surface area contributed by atoms with E-state index in [0.717, 1.165) is 0 Å². The second-order valence-electron chi connectivity index (χ2n) is 8.41. The molecule has 0 radical (unpaired) electrons. The smallest absolute Gasteiger partial charge is 0.326 e. The van der Waals surface area contributed by atoms with Gasteiger partial charge in [-0.2, -0.15) is 11.8 Å². The molecule has 0 spiro atoms. The third-order valence-corrected chi connectivity index (χ3v) is 6.00. The van der Waals surface area contributed by atoms with E-state index in [2.05, 4.69) is 20.9 Å². The molecule has 1 aromatic rings. The van der Waals surface area contributed by atoms with Crippen LogP contribution in [0.15, 0.2) is 29.3 Å². The maximum absolute atomic E-state index is 13.1. The van der Waals surface area contributed by atoms with Crippen LogP contribution in [0, 0.1) is 0 Å². The lowest BCUT2D eigenvalue weighted by atomic mass is 10.0. The van der Waals surface area contributed by atoms with Gasteiger partial charge in [0, 0.05) is 13.0 Å². The number of phenolic OH excluding ortho intramolecular Hbond substituents is 1. The van der Waals surface area contributed by atoms with Crippen LogP contribution in [0.4, 0.5) is 0 Å². The van der Waals surface area contributed by atoms with Gasteiger partial charge in [0.25, 0.3) is 0 Å². The number of aliphatic hydroxyl groups is 1. The number of hydrogen-bond donors (Lipinski definition) is 9. The lowest BCUT2D eigenvalue weighted by molar-refractivity contribution is -0.142. The number of carbonyl (C=O) groups excluding carboxylic acids is 3. The Hall–Kier alpha value is -3.56. The van der Waals surface area contributed by atoms with Crippen LogP contribution in [0.5, 0.6) is 5.75 Å². The molecule has 0 saturated heterocycles. The predicted molar refractivity (Wildman–Crippen MR) is 143 cm³/mol.